The SMILES string of the molecule is CCN(CC)S(=O)(=O)c1ccc(N2CCCC2)c(C(=O)Nc2ccc3[nH]c(=O)[nH]c3c2)c1. The summed E-state index contributed by atoms with van der Waals surface area (Å²) in [5.74, 6) is -0.402. The first-order valence-electron chi connectivity index (χ1n) is 10.8. The Hall–Kier alpha value is -3.11. The van der Waals surface area contributed by atoms with Crippen LogP contribution in [0.2, 0.25) is 0 Å². The highest BCUT2D eigenvalue weighted by molar-refractivity contribution is 7.89. The fourth-order valence-electron chi connectivity index (χ4n) is 4.11. The average molecular weight is 458 g/mol. The summed E-state index contributed by atoms with van der Waals surface area (Å²) in [7, 11) is -3.71. The van der Waals surface area contributed by atoms with E-state index in [1.807, 2.05) is 0 Å². The Labute approximate surface area is 186 Å². The van der Waals surface area contributed by atoms with Crippen LogP contribution in [0.4, 0.5) is 11.4 Å². The molecule has 0 radical (unpaired) electrons. The lowest BCUT2D eigenvalue weighted by Gasteiger charge is -2.23. The lowest BCUT2D eigenvalue weighted by atomic mass is 10.1. The minimum absolute atomic E-state index is 0.0970. The monoisotopic (exact) mass is 457 g/mol. The van der Waals surface area contributed by atoms with E-state index in [2.05, 4.69) is 20.2 Å². The van der Waals surface area contributed by atoms with E-state index in [0.29, 0.717) is 35.4 Å². The van der Waals surface area contributed by atoms with Crippen LogP contribution in [0.25, 0.3) is 11.0 Å². The van der Waals surface area contributed by atoms with Crippen LogP contribution >= 0.6 is 0 Å². The van der Waals surface area contributed by atoms with Crippen molar-refractivity contribution in [2.75, 3.05) is 36.4 Å². The molecular weight excluding hydrogens is 430 g/mol. The number of nitrogens with zero attached hydrogens (tertiary/aromatic N) is 2. The number of rotatable bonds is 7. The van der Waals surface area contributed by atoms with Crippen LogP contribution in [0, 0.1) is 0 Å². The Kier molecular flexibility index (Phi) is 6.07. The van der Waals surface area contributed by atoms with E-state index in [0.717, 1.165) is 31.6 Å². The number of amides is 1. The van der Waals surface area contributed by atoms with E-state index in [1.54, 1.807) is 44.2 Å². The van der Waals surface area contributed by atoms with Crippen LogP contribution in [-0.2, 0) is 10.0 Å². The summed E-state index contributed by atoms with van der Waals surface area (Å²) in [6, 6.07) is 9.82. The summed E-state index contributed by atoms with van der Waals surface area (Å²) in [4.78, 5) is 32.3. The molecule has 0 saturated carbocycles. The highest BCUT2D eigenvalue weighted by Gasteiger charge is 2.26. The zero-order valence-corrected chi connectivity index (χ0v) is 19.0. The molecule has 1 aliphatic heterocycles. The number of carbonyl (C=O) groups excluding carboxylic acids is 1. The number of carbonyl (C=O) groups is 1. The van der Waals surface area contributed by atoms with Crippen molar-refractivity contribution >= 4 is 38.3 Å². The van der Waals surface area contributed by atoms with Crippen molar-refractivity contribution in [1.82, 2.24) is 14.3 Å². The Balaban J connectivity index is 1.73. The first kappa shape index (κ1) is 22.1. The fourth-order valence-corrected chi connectivity index (χ4v) is 5.60. The van der Waals surface area contributed by atoms with Gasteiger partial charge in [-0.15, -0.1) is 0 Å². The Morgan fingerprint density at radius 2 is 1.72 bits per heavy atom. The number of hydrogen-bond donors (Lipinski definition) is 3. The number of aromatic nitrogens is 2. The molecule has 2 heterocycles. The van der Waals surface area contributed by atoms with E-state index in [9.17, 15) is 18.0 Å². The molecule has 0 atom stereocenters. The minimum atomic E-state index is -3.71. The molecule has 0 bridgehead atoms. The van der Waals surface area contributed by atoms with Gasteiger partial charge in [-0.3, -0.25) is 4.79 Å². The lowest BCUT2D eigenvalue weighted by Crippen LogP contribution is -2.31. The molecule has 0 aliphatic carbocycles. The number of sulfonamides is 1. The summed E-state index contributed by atoms with van der Waals surface area (Å²) < 4.78 is 27.5. The van der Waals surface area contributed by atoms with Crippen LogP contribution in [0.3, 0.4) is 0 Å². The maximum Gasteiger partial charge on any atom is 0.323 e. The van der Waals surface area contributed by atoms with Gasteiger partial charge in [0.1, 0.15) is 0 Å². The normalized spacial score (nSPS) is 14.4. The average Bonchev–Trinajstić information content (AvgIpc) is 3.42. The van der Waals surface area contributed by atoms with E-state index in [1.165, 1.54) is 10.4 Å². The zero-order valence-electron chi connectivity index (χ0n) is 18.1. The number of H-pyrrole nitrogens is 2. The highest BCUT2D eigenvalue weighted by Crippen LogP contribution is 2.29. The smallest absolute Gasteiger partial charge is 0.323 e. The molecule has 0 unspecified atom stereocenters. The van der Waals surface area contributed by atoms with Crippen LogP contribution < -0.4 is 15.9 Å². The molecule has 1 amide bonds. The first-order chi connectivity index (χ1) is 15.3. The van der Waals surface area contributed by atoms with Crippen molar-refractivity contribution in [3.05, 3.63) is 52.4 Å². The number of benzene rings is 2. The van der Waals surface area contributed by atoms with Gasteiger partial charge in [-0.25, -0.2) is 13.2 Å². The minimum Gasteiger partial charge on any atom is -0.371 e. The van der Waals surface area contributed by atoms with Gasteiger partial charge in [-0.2, -0.15) is 4.31 Å². The number of anilines is 2. The Morgan fingerprint density at radius 3 is 2.41 bits per heavy atom. The van der Waals surface area contributed by atoms with Gasteiger partial charge in [0.15, 0.2) is 0 Å². The van der Waals surface area contributed by atoms with Crippen molar-refractivity contribution in [2.24, 2.45) is 0 Å². The number of imidazole rings is 1. The molecule has 2 aromatic carbocycles. The van der Waals surface area contributed by atoms with Crippen LogP contribution in [0.1, 0.15) is 37.0 Å². The molecule has 1 fully saturated rings. The predicted molar refractivity (Wildman–Crippen MR) is 125 cm³/mol. The molecule has 9 nitrogen and oxygen atoms in total. The van der Waals surface area contributed by atoms with Crippen molar-refractivity contribution < 1.29 is 13.2 Å². The van der Waals surface area contributed by atoms with Gasteiger partial charge in [-0.1, -0.05) is 13.8 Å². The second-order valence-corrected chi connectivity index (χ2v) is 9.69. The van der Waals surface area contributed by atoms with Gasteiger partial charge in [-0.05, 0) is 49.2 Å². The molecule has 1 aromatic heterocycles. The molecule has 3 N–H and O–H groups in total. The summed E-state index contributed by atoms with van der Waals surface area (Å²) in [6.45, 7) is 5.91. The van der Waals surface area contributed by atoms with Crippen molar-refractivity contribution in [3.8, 4) is 0 Å². The standard InChI is InChI=1S/C22H27N5O4S/c1-3-27(4-2)32(30,31)16-8-10-20(26-11-5-6-12-26)17(14-16)21(28)23-15-7-9-18-19(13-15)25-22(29)24-18/h7-10,13-14H,3-6,11-12H2,1-2H3,(H,23,28)(H2,24,25,29). The maximum atomic E-state index is 13.3. The molecule has 170 valence electrons. The Morgan fingerprint density at radius 1 is 1.03 bits per heavy atom. The Bertz CT molecular complexity index is 1300. The third-order valence-electron chi connectivity index (χ3n) is 5.78. The van der Waals surface area contributed by atoms with Gasteiger partial charge in [0.05, 0.1) is 21.5 Å². The fraction of sp³-hybridized carbons (Fsp3) is 0.364. The van der Waals surface area contributed by atoms with Gasteiger partial charge in [0.25, 0.3) is 5.91 Å². The van der Waals surface area contributed by atoms with Crippen molar-refractivity contribution in [1.29, 1.82) is 0 Å². The zero-order chi connectivity index (χ0) is 22.9. The third-order valence-corrected chi connectivity index (χ3v) is 7.82. The van der Waals surface area contributed by atoms with Crippen LogP contribution in [-0.4, -0.2) is 54.8 Å². The van der Waals surface area contributed by atoms with Gasteiger partial charge in [0.2, 0.25) is 10.0 Å². The second kappa shape index (κ2) is 8.79. The number of nitrogens with one attached hydrogen (secondary N) is 3. The second-order valence-electron chi connectivity index (χ2n) is 7.76. The molecule has 32 heavy (non-hydrogen) atoms. The number of fused-ring (bicyclic) bond motifs is 1. The molecular formula is C22H27N5O4S. The van der Waals surface area contributed by atoms with Crippen molar-refractivity contribution in [3.63, 3.8) is 0 Å². The molecule has 4 rings (SSSR count). The number of aromatic amines is 2. The van der Waals surface area contributed by atoms with E-state index in [4.69, 9.17) is 0 Å². The third kappa shape index (κ3) is 4.15. The van der Waals surface area contributed by atoms with E-state index in [-0.39, 0.29) is 10.6 Å². The first-order valence-corrected chi connectivity index (χ1v) is 12.2. The topological polar surface area (TPSA) is 118 Å². The summed E-state index contributed by atoms with van der Waals surface area (Å²) in [6.07, 6.45) is 2.05. The van der Waals surface area contributed by atoms with Gasteiger partial charge in [0, 0.05) is 37.6 Å². The number of hydrogen-bond acceptors (Lipinski definition) is 5. The van der Waals surface area contributed by atoms with E-state index >= 15 is 0 Å². The summed E-state index contributed by atoms with van der Waals surface area (Å²) >= 11 is 0. The lowest BCUT2D eigenvalue weighted by molar-refractivity contribution is 0.102. The van der Waals surface area contributed by atoms with Crippen LogP contribution in [0.15, 0.2) is 46.1 Å². The molecule has 10 heteroatoms. The van der Waals surface area contributed by atoms with Gasteiger partial charge < -0.3 is 20.2 Å². The molecule has 1 aliphatic rings. The largest absolute Gasteiger partial charge is 0.371 e. The van der Waals surface area contributed by atoms with Crippen LogP contribution in [0.5, 0.6) is 0 Å². The van der Waals surface area contributed by atoms with Gasteiger partial charge >= 0.3 is 5.69 Å². The van der Waals surface area contributed by atoms with E-state index < -0.39 is 15.9 Å². The molecule has 1 saturated heterocycles. The summed E-state index contributed by atoms with van der Waals surface area (Å²) in [5, 5.41) is 2.85. The highest BCUT2D eigenvalue weighted by atomic mass is 32.2. The molecule has 0 spiro atoms. The maximum absolute atomic E-state index is 13.3. The quantitative estimate of drug-likeness (QED) is 0.504. The summed E-state index contributed by atoms with van der Waals surface area (Å²) in [5.41, 5.74) is 2.41. The molecule has 3 aromatic rings. The predicted octanol–water partition coefficient (Wildman–Crippen LogP) is 2.74. The van der Waals surface area contributed by atoms with Crippen molar-refractivity contribution in [2.45, 2.75) is 31.6 Å².